The van der Waals surface area contributed by atoms with Crippen molar-refractivity contribution in [2.45, 2.75) is 26.7 Å². The van der Waals surface area contributed by atoms with Crippen LogP contribution in [0, 0.1) is 11.8 Å². The van der Waals surface area contributed by atoms with Crippen LogP contribution in [0.25, 0.3) is 0 Å². The highest BCUT2D eigenvalue weighted by atomic mass is 16.2. The van der Waals surface area contributed by atoms with Crippen LogP contribution in [0.5, 0.6) is 0 Å². The average molecular weight is 181 g/mol. The molecule has 1 N–H and O–H groups in total. The maximum absolute atomic E-state index is 11.3. The molecule has 1 rings (SSSR count). The van der Waals surface area contributed by atoms with Crippen molar-refractivity contribution in [1.82, 2.24) is 5.32 Å². The van der Waals surface area contributed by atoms with Crippen molar-refractivity contribution in [3.8, 4) is 0 Å². The van der Waals surface area contributed by atoms with Crippen molar-refractivity contribution in [3.63, 3.8) is 0 Å². The summed E-state index contributed by atoms with van der Waals surface area (Å²) >= 11 is 0. The summed E-state index contributed by atoms with van der Waals surface area (Å²) < 4.78 is 0. The number of hydrogen-bond acceptors (Lipinski definition) is 2. The number of hydrogen-bond donors (Lipinski definition) is 1. The number of allylic oxidation sites excluding steroid dienone is 1. The Morgan fingerprint density at radius 3 is 2.92 bits per heavy atom. The standard InChI is InChI=1S/C10H15NO2/c1-7-4-3-5-9(8(7)2)10(13)11-6-12/h5-8H,3-4H2,1-2H3,(H,11,12,13). The summed E-state index contributed by atoms with van der Waals surface area (Å²) in [6.07, 6.45) is 4.44. The zero-order valence-corrected chi connectivity index (χ0v) is 8.04. The molecule has 0 aromatic carbocycles. The van der Waals surface area contributed by atoms with E-state index < -0.39 is 0 Å². The molecule has 0 bridgehead atoms. The van der Waals surface area contributed by atoms with E-state index in [0.717, 1.165) is 18.4 Å². The van der Waals surface area contributed by atoms with Gasteiger partial charge in [0.2, 0.25) is 6.41 Å². The average Bonchev–Trinajstić information content (AvgIpc) is 2.10. The quantitative estimate of drug-likeness (QED) is 0.652. The Hall–Kier alpha value is -1.12. The first-order chi connectivity index (χ1) is 6.16. The van der Waals surface area contributed by atoms with E-state index in [4.69, 9.17) is 0 Å². The van der Waals surface area contributed by atoms with Gasteiger partial charge in [-0.05, 0) is 24.7 Å². The van der Waals surface area contributed by atoms with E-state index in [2.05, 4.69) is 12.2 Å². The van der Waals surface area contributed by atoms with Crippen LogP contribution in [-0.4, -0.2) is 12.3 Å². The van der Waals surface area contributed by atoms with E-state index >= 15 is 0 Å². The first kappa shape index (κ1) is 9.96. The summed E-state index contributed by atoms with van der Waals surface area (Å²) in [5, 5.41) is 2.18. The lowest BCUT2D eigenvalue weighted by atomic mass is 9.80. The van der Waals surface area contributed by atoms with Crippen molar-refractivity contribution in [2.75, 3.05) is 0 Å². The van der Waals surface area contributed by atoms with E-state index in [0.29, 0.717) is 12.3 Å². The number of imide groups is 1. The molecule has 13 heavy (non-hydrogen) atoms. The van der Waals surface area contributed by atoms with Gasteiger partial charge in [-0.2, -0.15) is 0 Å². The van der Waals surface area contributed by atoms with Crippen molar-refractivity contribution < 1.29 is 9.59 Å². The predicted octanol–water partition coefficient (Wildman–Crippen LogP) is 1.25. The minimum absolute atomic E-state index is 0.242. The number of amides is 2. The Balaban J connectivity index is 2.72. The molecule has 0 radical (unpaired) electrons. The second kappa shape index (κ2) is 4.21. The van der Waals surface area contributed by atoms with Crippen LogP contribution in [0.15, 0.2) is 11.6 Å². The molecule has 0 saturated heterocycles. The van der Waals surface area contributed by atoms with Gasteiger partial charge in [0.25, 0.3) is 5.91 Å². The molecule has 2 unspecified atom stereocenters. The van der Waals surface area contributed by atoms with E-state index in [-0.39, 0.29) is 11.8 Å². The van der Waals surface area contributed by atoms with Crippen molar-refractivity contribution in [2.24, 2.45) is 11.8 Å². The SMILES string of the molecule is CC1CCC=C(C(=O)NC=O)C1C. The molecule has 1 aliphatic rings. The third-order valence-corrected chi connectivity index (χ3v) is 2.78. The smallest absolute Gasteiger partial charge is 0.253 e. The molecule has 0 aliphatic heterocycles. The normalized spacial score (nSPS) is 27.7. The highest BCUT2D eigenvalue weighted by Crippen LogP contribution is 2.29. The monoisotopic (exact) mass is 181 g/mol. The van der Waals surface area contributed by atoms with Crippen LogP contribution in [-0.2, 0) is 9.59 Å². The minimum atomic E-state index is -0.242. The summed E-state index contributed by atoms with van der Waals surface area (Å²) in [6.45, 7) is 4.16. The molecule has 2 atom stereocenters. The van der Waals surface area contributed by atoms with Gasteiger partial charge in [-0.25, -0.2) is 0 Å². The molecule has 0 spiro atoms. The molecule has 3 nitrogen and oxygen atoms in total. The zero-order chi connectivity index (χ0) is 9.84. The van der Waals surface area contributed by atoms with Crippen LogP contribution in [0.4, 0.5) is 0 Å². The number of nitrogens with one attached hydrogen (secondary N) is 1. The Bertz CT molecular complexity index is 245. The van der Waals surface area contributed by atoms with Gasteiger partial charge in [-0.15, -0.1) is 0 Å². The fraction of sp³-hybridized carbons (Fsp3) is 0.600. The third-order valence-electron chi connectivity index (χ3n) is 2.78. The highest BCUT2D eigenvalue weighted by molar-refractivity contribution is 5.99. The van der Waals surface area contributed by atoms with Gasteiger partial charge in [0.1, 0.15) is 0 Å². The molecule has 1 aliphatic carbocycles. The first-order valence-corrected chi connectivity index (χ1v) is 4.61. The molecule has 3 heteroatoms. The molecular weight excluding hydrogens is 166 g/mol. The number of rotatable bonds is 2. The van der Waals surface area contributed by atoms with E-state index in [1.165, 1.54) is 0 Å². The highest BCUT2D eigenvalue weighted by Gasteiger charge is 2.24. The number of carbonyl (C=O) groups is 2. The molecule has 72 valence electrons. The van der Waals surface area contributed by atoms with Gasteiger partial charge in [-0.1, -0.05) is 19.9 Å². The third kappa shape index (κ3) is 2.17. The Kier molecular flexibility index (Phi) is 3.23. The van der Waals surface area contributed by atoms with Crippen molar-refractivity contribution >= 4 is 12.3 Å². The van der Waals surface area contributed by atoms with Crippen LogP contribution >= 0.6 is 0 Å². The minimum Gasteiger partial charge on any atom is -0.295 e. The summed E-state index contributed by atoms with van der Waals surface area (Å²) in [6, 6.07) is 0. The molecule has 0 fully saturated rings. The summed E-state index contributed by atoms with van der Waals surface area (Å²) in [4.78, 5) is 21.4. The molecule has 0 heterocycles. The molecule has 0 aromatic rings. The van der Waals surface area contributed by atoms with E-state index in [9.17, 15) is 9.59 Å². The van der Waals surface area contributed by atoms with Crippen molar-refractivity contribution in [1.29, 1.82) is 0 Å². The van der Waals surface area contributed by atoms with Gasteiger partial charge in [0.15, 0.2) is 0 Å². The lowest BCUT2D eigenvalue weighted by Crippen LogP contribution is -2.29. The van der Waals surface area contributed by atoms with E-state index in [1.807, 2.05) is 13.0 Å². The predicted molar refractivity (Wildman–Crippen MR) is 49.9 cm³/mol. The van der Waals surface area contributed by atoms with Gasteiger partial charge < -0.3 is 0 Å². The first-order valence-electron chi connectivity index (χ1n) is 4.61. The van der Waals surface area contributed by atoms with Crippen LogP contribution in [0.2, 0.25) is 0 Å². The lowest BCUT2D eigenvalue weighted by Gasteiger charge is -2.25. The maximum atomic E-state index is 11.3. The fourth-order valence-corrected chi connectivity index (χ4v) is 1.68. The summed E-state index contributed by atoms with van der Waals surface area (Å²) in [7, 11) is 0. The molecule has 0 aromatic heterocycles. The summed E-state index contributed by atoms with van der Waals surface area (Å²) in [5.41, 5.74) is 0.755. The lowest BCUT2D eigenvalue weighted by molar-refractivity contribution is -0.123. The van der Waals surface area contributed by atoms with Gasteiger partial charge in [0, 0.05) is 5.57 Å². The zero-order valence-electron chi connectivity index (χ0n) is 8.04. The largest absolute Gasteiger partial charge is 0.295 e. The van der Waals surface area contributed by atoms with Crippen molar-refractivity contribution in [3.05, 3.63) is 11.6 Å². The van der Waals surface area contributed by atoms with Crippen LogP contribution in [0.1, 0.15) is 26.7 Å². The van der Waals surface area contributed by atoms with Crippen LogP contribution < -0.4 is 5.32 Å². The summed E-state index contributed by atoms with van der Waals surface area (Å²) in [5.74, 6) is 0.542. The molecular formula is C10H15NO2. The topological polar surface area (TPSA) is 46.2 Å². The second-order valence-electron chi connectivity index (χ2n) is 3.59. The Labute approximate surface area is 78.2 Å². The van der Waals surface area contributed by atoms with E-state index in [1.54, 1.807) is 0 Å². The Morgan fingerprint density at radius 2 is 2.31 bits per heavy atom. The second-order valence-corrected chi connectivity index (χ2v) is 3.59. The van der Waals surface area contributed by atoms with Gasteiger partial charge >= 0.3 is 0 Å². The van der Waals surface area contributed by atoms with Crippen LogP contribution in [0.3, 0.4) is 0 Å². The Morgan fingerprint density at radius 1 is 1.62 bits per heavy atom. The fourth-order valence-electron chi connectivity index (χ4n) is 1.68. The number of carbonyl (C=O) groups excluding carboxylic acids is 2. The van der Waals surface area contributed by atoms with Gasteiger partial charge in [0.05, 0.1) is 0 Å². The maximum Gasteiger partial charge on any atom is 0.253 e. The molecule has 2 amide bonds. The van der Waals surface area contributed by atoms with Gasteiger partial charge in [-0.3, -0.25) is 14.9 Å². The molecule has 0 saturated carbocycles.